The van der Waals surface area contributed by atoms with Crippen LogP contribution >= 0.6 is 15.9 Å². The van der Waals surface area contributed by atoms with E-state index in [1.54, 1.807) is 0 Å². The van der Waals surface area contributed by atoms with Crippen LogP contribution < -0.4 is 0 Å². The lowest BCUT2D eigenvalue weighted by Gasteiger charge is -2.42. The highest BCUT2D eigenvalue weighted by molar-refractivity contribution is 9.09. The van der Waals surface area contributed by atoms with Crippen LogP contribution in [0.2, 0.25) is 0 Å². The molecule has 1 amide bonds. The van der Waals surface area contributed by atoms with E-state index in [9.17, 15) is 4.79 Å². The van der Waals surface area contributed by atoms with Gasteiger partial charge in [0, 0.05) is 18.4 Å². The van der Waals surface area contributed by atoms with Crippen molar-refractivity contribution >= 4 is 21.8 Å². The number of morpholine rings is 1. The fourth-order valence-corrected chi connectivity index (χ4v) is 2.23. The van der Waals surface area contributed by atoms with Crippen molar-refractivity contribution in [2.45, 2.75) is 45.5 Å². The van der Waals surface area contributed by atoms with Gasteiger partial charge in [0.25, 0.3) is 0 Å². The zero-order valence-corrected chi connectivity index (χ0v) is 12.6. The Bertz CT molecular complexity index is 268. The first-order valence-electron chi connectivity index (χ1n) is 5.97. The quantitative estimate of drug-likeness (QED) is 0.744. The molecule has 0 N–H and O–H groups in total. The predicted molar refractivity (Wildman–Crippen MR) is 70.4 cm³/mol. The minimum absolute atomic E-state index is 0.0426. The summed E-state index contributed by atoms with van der Waals surface area (Å²) in [7, 11) is 0. The molecule has 1 saturated heterocycles. The summed E-state index contributed by atoms with van der Waals surface area (Å²) < 4.78 is 11.2. The van der Waals surface area contributed by atoms with Crippen LogP contribution in [0, 0.1) is 0 Å². The SMILES string of the molecule is CC(C)OCC(=O)N1CC(CBr)OC(C)(C)C1. The standard InChI is InChI=1S/C12H22BrNO3/c1-9(2)16-7-11(15)14-6-10(5-13)17-12(3,4)8-14/h9-10H,5-8H2,1-4H3. The molecule has 0 radical (unpaired) electrons. The van der Waals surface area contributed by atoms with Gasteiger partial charge in [0.15, 0.2) is 0 Å². The van der Waals surface area contributed by atoms with Gasteiger partial charge in [-0.3, -0.25) is 4.79 Å². The number of alkyl halides is 1. The third-order valence-corrected chi connectivity index (χ3v) is 3.27. The van der Waals surface area contributed by atoms with Gasteiger partial charge >= 0.3 is 0 Å². The summed E-state index contributed by atoms with van der Waals surface area (Å²) in [4.78, 5) is 13.8. The van der Waals surface area contributed by atoms with E-state index in [-0.39, 0.29) is 30.3 Å². The average Bonchev–Trinajstić information content (AvgIpc) is 2.23. The summed E-state index contributed by atoms with van der Waals surface area (Å²) in [6.45, 7) is 9.28. The Kier molecular flexibility index (Phi) is 5.41. The molecule has 1 unspecified atom stereocenters. The van der Waals surface area contributed by atoms with Gasteiger partial charge in [0.2, 0.25) is 5.91 Å². The van der Waals surface area contributed by atoms with Gasteiger partial charge in [0.05, 0.1) is 17.8 Å². The van der Waals surface area contributed by atoms with Gasteiger partial charge in [0.1, 0.15) is 6.61 Å². The molecule has 4 nitrogen and oxygen atoms in total. The van der Waals surface area contributed by atoms with Crippen LogP contribution in [0.5, 0.6) is 0 Å². The van der Waals surface area contributed by atoms with Gasteiger partial charge in [-0.15, -0.1) is 0 Å². The van der Waals surface area contributed by atoms with Gasteiger partial charge in [-0.05, 0) is 27.7 Å². The van der Waals surface area contributed by atoms with Crippen LogP contribution in [0.15, 0.2) is 0 Å². The number of hydrogen-bond acceptors (Lipinski definition) is 3. The first-order valence-corrected chi connectivity index (χ1v) is 7.09. The van der Waals surface area contributed by atoms with Crippen LogP contribution in [-0.4, -0.2) is 53.6 Å². The largest absolute Gasteiger partial charge is 0.369 e. The summed E-state index contributed by atoms with van der Waals surface area (Å²) in [6.07, 6.45) is 0.140. The van der Waals surface area contributed by atoms with E-state index in [0.717, 1.165) is 5.33 Å². The highest BCUT2D eigenvalue weighted by Gasteiger charge is 2.34. The van der Waals surface area contributed by atoms with E-state index in [2.05, 4.69) is 15.9 Å². The van der Waals surface area contributed by atoms with E-state index in [4.69, 9.17) is 9.47 Å². The molecule has 1 heterocycles. The highest BCUT2D eigenvalue weighted by atomic mass is 79.9. The smallest absolute Gasteiger partial charge is 0.248 e. The molecule has 0 aromatic carbocycles. The zero-order chi connectivity index (χ0) is 13.1. The lowest BCUT2D eigenvalue weighted by molar-refractivity contribution is -0.161. The summed E-state index contributed by atoms with van der Waals surface area (Å²) in [5, 5.41) is 0.741. The molecule has 1 aliphatic heterocycles. The topological polar surface area (TPSA) is 38.8 Å². The highest BCUT2D eigenvalue weighted by Crippen LogP contribution is 2.22. The van der Waals surface area contributed by atoms with Crippen LogP contribution in [-0.2, 0) is 14.3 Å². The third-order valence-electron chi connectivity index (χ3n) is 2.55. The minimum atomic E-state index is -0.288. The van der Waals surface area contributed by atoms with Crippen LogP contribution in [0.3, 0.4) is 0 Å². The van der Waals surface area contributed by atoms with Crippen molar-refractivity contribution in [3.05, 3.63) is 0 Å². The Hall–Kier alpha value is -0.130. The molecule has 1 rings (SSSR count). The predicted octanol–water partition coefficient (Wildman–Crippen LogP) is 1.81. The number of ether oxygens (including phenoxy) is 2. The summed E-state index contributed by atoms with van der Waals surface area (Å²) >= 11 is 3.41. The number of carbonyl (C=O) groups is 1. The molecule has 1 aliphatic rings. The Morgan fingerprint density at radius 2 is 2.24 bits per heavy atom. The lowest BCUT2D eigenvalue weighted by Crippen LogP contribution is -2.55. The lowest BCUT2D eigenvalue weighted by atomic mass is 10.1. The molecule has 100 valence electrons. The van der Waals surface area contributed by atoms with Gasteiger partial charge < -0.3 is 14.4 Å². The zero-order valence-electron chi connectivity index (χ0n) is 11.0. The normalized spacial score (nSPS) is 24.1. The minimum Gasteiger partial charge on any atom is -0.369 e. The number of rotatable bonds is 4. The number of carbonyl (C=O) groups excluding carboxylic acids is 1. The maximum absolute atomic E-state index is 12.0. The second-order valence-electron chi connectivity index (χ2n) is 5.29. The maximum atomic E-state index is 12.0. The Morgan fingerprint density at radius 3 is 2.76 bits per heavy atom. The van der Waals surface area contributed by atoms with E-state index in [0.29, 0.717) is 13.1 Å². The molecule has 1 atom stereocenters. The van der Waals surface area contributed by atoms with Crippen molar-refractivity contribution in [1.29, 1.82) is 0 Å². The van der Waals surface area contributed by atoms with Crippen molar-refractivity contribution in [2.24, 2.45) is 0 Å². The van der Waals surface area contributed by atoms with Crippen LogP contribution in [0.4, 0.5) is 0 Å². The second kappa shape index (κ2) is 6.16. The monoisotopic (exact) mass is 307 g/mol. The molecule has 17 heavy (non-hydrogen) atoms. The fraction of sp³-hybridized carbons (Fsp3) is 0.917. The molecular weight excluding hydrogens is 286 g/mol. The molecule has 0 bridgehead atoms. The maximum Gasteiger partial charge on any atom is 0.248 e. The number of amides is 1. The first kappa shape index (κ1) is 14.9. The van der Waals surface area contributed by atoms with Crippen molar-refractivity contribution in [1.82, 2.24) is 4.90 Å². The van der Waals surface area contributed by atoms with E-state index < -0.39 is 0 Å². The molecule has 5 heteroatoms. The average molecular weight is 308 g/mol. The Morgan fingerprint density at radius 1 is 1.59 bits per heavy atom. The van der Waals surface area contributed by atoms with E-state index in [1.807, 2.05) is 32.6 Å². The van der Waals surface area contributed by atoms with Gasteiger partial charge in [-0.2, -0.15) is 0 Å². The van der Waals surface area contributed by atoms with Crippen molar-refractivity contribution in [3.63, 3.8) is 0 Å². The van der Waals surface area contributed by atoms with Crippen molar-refractivity contribution < 1.29 is 14.3 Å². The summed E-state index contributed by atoms with van der Waals surface area (Å²) in [5.41, 5.74) is -0.288. The van der Waals surface area contributed by atoms with E-state index in [1.165, 1.54) is 0 Å². The van der Waals surface area contributed by atoms with Crippen LogP contribution in [0.1, 0.15) is 27.7 Å². The molecule has 1 fully saturated rings. The molecular formula is C12H22BrNO3. The van der Waals surface area contributed by atoms with Crippen molar-refractivity contribution in [2.75, 3.05) is 25.0 Å². The van der Waals surface area contributed by atoms with Gasteiger partial charge in [-0.25, -0.2) is 0 Å². The van der Waals surface area contributed by atoms with Crippen LogP contribution in [0.25, 0.3) is 0 Å². The second-order valence-corrected chi connectivity index (χ2v) is 5.94. The molecule has 0 aromatic rings. The number of halogens is 1. The van der Waals surface area contributed by atoms with E-state index >= 15 is 0 Å². The third kappa shape index (κ3) is 4.94. The Labute approximate surface area is 112 Å². The summed E-state index contributed by atoms with van der Waals surface area (Å²) in [5.74, 6) is 0.0426. The van der Waals surface area contributed by atoms with Gasteiger partial charge in [-0.1, -0.05) is 15.9 Å². The number of nitrogens with zero attached hydrogens (tertiary/aromatic N) is 1. The first-order chi connectivity index (χ1) is 7.84. The molecule has 0 spiro atoms. The Balaban J connectivity index is 2.54. The molecule has 0 saturated carbocycles. The van der Waals surface area contributed by atoms with Crippen molar-refractivity contribution in [3.8, 4) is 0 Å². The molecule has 0 aliphatic carbocycles. The molecule has 0 aromatic heterocycles. The number of hydrogen-bond donors (Lipinski definition) is 0. The fourth-order valence-electron chi connectivity index (χ4n) is 1.90. The summed E-state index contributed by atoms with van der Waals surface area (Å²) in [6, 6.07) is 0.